The van der Waals surface area contributed by atoms with E-state index < -0.39 is 5.60 Å². The molecule has 0 bridgehead atoms. The van der Waals surface area contributed by atoms with Crippen LogP contribution in [0.3, 0.4) is 0 Å². The molecule has 0 aromatic heterocycles. The second-order valence-corrected chi connectivity index (χ2v) is 6.24. The van der Waals surface area contributed by atoms with Gasteiger partial charge in [0.25, 0.3) is 0 Å². The van der Waals surface area contributed by atoms with Crippen molar-refractivity contribution in [2.45, 2.75) is 46.1 Å². The van der Waals surface area contributed by atoms with E-state index in [4.69, 9.17) is 15.9 Å². The summed E-state index contributed by atoms with van der Waals surface area (Å²) < 4.78 is 5.40. The maximum Gasteiger partial charge on any atom is 0.410 e. The van der Waals surface area contributed by atoms with Gasteiger partial charge in [0.05, 0.1) is 18.8 Å². The highest BCUT2D eigenvalue weighted by Crippen LogP contribution is 2.18. The molecule has 1 amide bonds. The molecule has 1 heterocycles. The fourth-order valence-corrected chi connectivity index (χ4v) is 2.09. The smallest absolute Gasteiger partial charge is 0.410 e. The van der Waals surface area contributed by atoms with Gasteiger partial charge in [-0.1, -0.05) is 0 Å². The molecule has 6 nitrogen and oxygen atoms in total. The highest BCUT2D eigenvalue weighted by molar-refractivity contribution is 6.37. The zero-order valence-electron chi connectivity index (χ0n) is 14.4. The summed E-state index contributed by atoms with van der Waals surface area (Å²) in [5.74, 6) is 5.74. The van der Waals surface area contributed by atoms with Crippen molar-refractivity contribution in [3.8, 4) is 11.8 Å². The molecule has 0 saturated carbocycles. The number of ether oxygens (including phenoxy) is 1. The van der Waals surface area contributed by atoms with Gasteiger partial charge in [-0.2, -0.15) is 0 Å². The van der Waals surface area contributed by atoms with Gasteiger partial charge in [-0.25, -0.2) is 4.79 Å². The molecule has 1 aliphatic heterocycles. The summed E-state index contributed by atoms with van der Waals surface area (Å²) >= 11 is 0. The van der Waals surface area contributed by atoms with Gasteiger partial charge in [0.15, 0.2) is 0 Å². The van der Waals surface area contributed by atoms with E-state index in [1.54, 1.807) is 11.8 Å². The van der Waals surface area contributed by atoms with E-state index in [0.29, 0.717) is 43.9 Å². The minimum atomic E-state index is -0.540. The molecule has 0 unspecified atom stereocenters. The number of amides is 1. The normalized spacial score (nSPS) is 15.8. The average molecular weight is 318 g/mol. The van der Waals surface area contributed by atoms with E-state index in [1.165, 1.54) is 6.21 Å². The third-order valence-corrected chi connectivity index (χ3v) is 3.18. The van der Waals surface area contributed by atoms with Crippen LogP contribution < -0.4 is 5.73 Å². The van der Waals surface area contributed by atoms with E-state index in [9.17, 15) is 4.79 Å². The van der Waals surface area contributed by atoms with Gasteiger partial charge < -0.3 is 20.8 Å². The largest absolute Gasteiger partial charge is 0.444 e. The second-order valence-electron chi connectivity index (χ2n) is 6.24. The van der Waals surface area contributed by atoms with Gasteiger partial charge >= 0.3 is 6.09 Å². The van der Waals surface area contributed by atoms with E-state index in [1.807, 2.05) is 20.8 Å². The van der Waals surface area contributed by atoms with Crippen molar-refractivity contribution < 1.29 is 9.53 Å². The molecule has 0 aromatic rings. The van der Waals surface area contributed by atoms with Crippen LogP contribution in [0.25, 0.3) is 0 Å². The predicted molar refractivity (Wildman–Crippen MR) is 92.8 cm³/mol. The first-order valence-corrected chi connectivity index (χ1v) is 7.68. The monoisotopic (exact) mass is 318 g/mol. The number of nitrogens with zero attached hydrogens (tertiary/aromatic N) is 2. The van der Waals surface area contributed by atoms with Crippen LogP contribution in [0.4, 0.5) is 4.79 Å². The molecule has 0 radical (unpaired) electrons. The molecule has 0 aromatic carbocycles. The molecular formula is C17H26N4O2. The molecule has 0 saturated heterocycles. The highest BCUT2D eigenvalue weighted by atomic mass is 16.6. The van der Waals surface area contributed by atoms with Crippen molar-refractivity contribution >= 4 is 18.0 Å². The summed E-state index contributed by atoms with van der Waals surface area (Å²) in [4.78, 5) is 18.2. The lowest BCUT2D eigenvalue weighted by Crippen LogP contribution is -2.43. The molecule has 1 rings (SSSR count). The number of nitrogens with one attached hydrogen (secondary N) is 1. The van der Waals surface area contributed by atoms with Crippen molar-refractivity contribution in [1.82, 2.24) is 4.90 Å². The summed E-state index contributed by atoms with van der Waals surface area (Å²) in [5.41, 5.74) is 7.43. The minimum absolute atomic E-state index is 0.314. The molecule has 23 heavy (non-hydrogen) atoms. The molecular weight excluding hydrogens is 292 g/mol. The molecule has 126 valence electrons. The first kappa shape index (κ1) is 18.8. The number of rotatable bonds is 4. The van der Waals surface area contributed by atoms with Gasteiger partial charge in [-0.3, -0.25) is 4.99 Å². The van der Waals surface area contributed by atoms with Crippen molar-refractivity contribution in [2.24, 2.45) is 10.7 Å². The minimum Gasteiger partial charge on any atom is -0.444 e. The average Bonchev–Trinajstić information content (AvgIpc) is 2.46. The zero-order valence-corrected chi connectivity index (χ0v) is 14.4. The van der Waals surface area contributed by atoms with Crippen molar-refractivity contribution in [2.75, 3.05) is 19.6 Å². The molecule has 0 atom stereocenters. The first-order valence-electron chi connectivity index (χ1n) is 7.68. The highest BCUT2D eigenvalue weighted by Gasteiger charge is 2.27. The molecule has 0 fully saturated rings. The summed E-state index contributed by atoms with van der Waals surface area (Å²) in [6.07, 6.45) is 2.00. The summed E-state index contributed by atoms with van der Waals surface area (Å²) in [6.45, 7) is 8.61. The molecule has 0 spiro atoms. The Hall–Kier alpha value is -2.29. The fraction of sp³-hybridized carbons (Fsp3) is 0.588. The lowest BCUT2D eigenvalue weighted by atomic mass is 10.0. The van der Waals surface area contributed by atoms with E-state index in [2.05, 4.69) is 16.8 Å². The topological polar surface area (TPSA) is 91.8 Å². The van der Waals surface area contributed by atoms with Crippen LogP contribution in [0, 0.1) is 17.3 Å². The number of hydrogen-bond donors (Lipinski definition) is 2. The van der Waals surface area contributed by atoms with Crippen LogP contribution in [-0.2, 0) is 4.74 Å². The van der Waals surface area contributed by atoms with Crippen LogP contribution >= 0.6 is 0 Å². The Kier molecular flexibility index (Phi) is 6.83. The molecule has 6 heteroatoms. The lowest BCUT2D eigenvalue weighted by Gasteiger charge is -2.31. The fourth-order valence-electron chi connectivity index (χ4n) is 2.09. The number of hydrogen-bond acceptors (Lipinski definition) is 5. The van der Waals surface area contributed by atoms with E-state index in [-0.39, 0.29) is 6.09 Å². The third-order valence-electron chi connectivity index (χ3n) is 3.18. The van der Waals surface area contributed by atoms with Gasteiger partial charge in [-0.15, -0.1) is 11.8 Å². The van der Waals surface area contributed by atoms with Crippen molar-refractivity contribution in [1.29, 1.82) is 5.41 Å². The number of aliphatic imine (C=N–C) groups is 1. The van der Waals surface area contributed by atoms with Crippen molar-refractivity contribution in [3.05, 3.63) is 11.3 Å². The Balaban J connectivity index is 2.85. The van der Waals surface area contributed by atoms with E-state index >= 15 is 0 Å². The number of carbonyl (C=O) groups is 1. The Morgan fingerprint density at radius 1 is 1.52 bits per heavy atom. The zero-order chi connectivity index (χ0) is 17.5. The van der Waals surface area contributed by atoms with Crippen LogP contribution in [0.5, 0.6) is 0 Å². The summed E-state index contributed by atoms with van der Waals surface area (Å²) in [6, 6.07) is 0. The number of nitrogens with two attached hydrogens (primary N) is 1. The first-order chi connectivity index (χ1) is 10.8. The maximum absolute atomic E-state index is 12.2. The second kappa shape index (κ2) is 8.37. The summed E-state index contributed by atoms with van der Waals surface area (Å²) in [7, 11) is 0. The van der Waals surface area contributed by atoms with Crippen LogP contribution in [0.15, 0.2) is 16.3 Å². The standard InChI is InChI=1S/C17H26N4O2/c1-5-6-7-9-20-15(11-18)13-12-21(10-8-14(13)19)16(22)23-17(2,3)4/h11,18H,7-10,12,19H2,1-4H3. The Morgan fingerprint density at radius 2 is 2.22 bits per heavy atom. The van der Waals surface area contributed by atoms with Gasteiger partial charge in [0.1, 0.15) is 5.60 Å². The van der Waals surface area contributed by atoms with Gasteiger partial charge in [0.2, 0.25) is 0 Å². The third kappa shape index (κ3) is 6.15. The van der Waals surface area contributed by atoms with Crippen LogP contribution in [-0.4, -0.2) is 48.2 Å². The Bertz CT molecular complexity index is 574. The van der Waals surface area contributed by atoms with Gasteiger partial charge in [-0.05, 0) is 27.7 Å². The van der Waals surface area contributed by atoms with Crippen LogP contribution in [0.1, 0.15) is 40.5 Å². The Morgan fingerprint density at radius 3 is 2.78 bits per heavy atom. The SMILES string of the molecule is CC#CCCN=C(C=N)C1=C(N)CCN(C(=O)OC(C)(C)C)C1. The molecule has 1 aliphatic rings. The maximum atomic E-state index is 12.2. The summed E-state index contributed by atoms with van der Waals surface area (Å²) in [5, 5.41) is 7.57. The molecule has 3 N–H and O–H groups in total. The predicted octanol–water partition coefficient (Wildman–Crippen LogP) is 2.34. The van der Waals surface area contributed by atoms with Crippen LogP contribution in [0.2, 0.25) is 0 Å². The molecule has 0 aliphatic carbocycles. The lowest BCUT2D eigenvalue weighted by molar-refractivity contribution is 0.0262. The van der Waals surface area contributed by atoms with E-state index in [0.717, 1.165) is 5.57 Å². The quantitative estimate of drug-likeness (QED) is 0.473. The van der Waals surface area contributed by atoms with Crippen molar-refractivity contribution in [3.63, 3.8) is 0 Å². The van der Waals surface area contributed by atoms with Gasteiger partial charge in [0, 0.05) is 36.9 Å². The Labute approximate surface area is 138 Å². The number of carbonyl (C=O) groups excluding carboxylic acids is 1.